The van der Waals surface area contributed by atoms with E-state index in [1.807, 2.05) is 29.8 Å². The third-order valence-corrected chi connectivity index (χ3v) is 5.89. The van der Waals surface area contributed by atoms with Crippen LogP contribution in [0.25, 0.3) is 0 Å². The molecule has 2 aromatic rings. The van der Waals surface area contributed by atoms with Crippen molar-refractivity contribution in [2.75, 3.05) is 19.6 Å². The van der Waals surface area contributed by atoms with Gasteiger partial charge in [-0.05, 0) is 31.5 Å². The maximum absolute atomic E-state index is 12.6. The van der Waals surface area contributed by atoms with Gasteiger partial charge in [0.05, 0.1) is 25.1 Å². The molecule has 1 aromatic carbocycles. The minimum Gasteiger partial charge on any atom is -0.486 e. The molecular formula is C22H26N4O4. The van der Waals surface area contributed by atoms with E-state index in [-0.39, 0.29) is 37.0 Å². The number of hydrogen-bond donors (Lipinski definition) is 1. The van der Waals surface area contributed by atoms with Gasteiger partial charge in [-0.15, -0.1) is 0 Å². The van der Waals surface area contributed by atoms with Crippen LogP contribution in [0.2, 0.25) is 0 Å². The van der Waals surface area contributed by atoms with E-state index in [0.29, 0.717) is 43.8 Å². The number of hydrogen-bond acceptors (Lipinski definition) is 5. The number of amides is 2. The number of aryl methyl sites for hydroxylation is 1. The van der Waals surface area contributed by atoms with Crippen LogP contribution in [-0.4, -0.2) is 57.5 Å². The zero-order chi connectivity index (χ0) is 21.1. The largest absolute Gasteiger partial charge is 0.486 e. The molecule has 2 aliphatic heterocycles. The zero-order valence-electron chi connectivity index (χ0n) is 17.1. The second-order valence-electron chi connectivity index (χ2n) is 7.99. The van der Waals surface area contributed by atoms with Gasteiger partial charge in [-0.25, -0.2) is 0 Å². The molecule has 1 atom stereocenters. The lowest BCUT2D eigenvalue weighted by Gasteiger charge is -2.37. The number of nitrogens with zero attached hydrogens (tertiary/aromatic N) is 3. The van der Waals surface area contributed by atoms with Crippen molar-refractivity contribution < 1.29 is 19.1 Å². The van der Waals surface area contributed by atoms with E-state index in [4.69, 9.17) is 4.74 Å². The van der Waals surface area contributed by atoms with E-state index < -0.39 is 5.60 Å². The van der Waals surface area contributed by atoms with Crippen LogP contribution in [0, 0.1) is 6.92 Å². The summed E-state index contributed by atoms with van der Waals surface area (Å²) in [5.41, 5.74) is 0.951. The molecule has 3 heterocycles. The van der Waals surface area contributed by atoms with Gasteiger partial charge in [0.15, 0.2) is 5.78 Å². The van der Waals surface area contributed by atoms with E-state index >= 15 is 0 Å². The summed E-state index contributed by atoms with van der Waals surface area (Å²) in [5, 5.41) is 7.03. The number of ketones is 1. The smallest absolute Gasteiger partial charge is 0.239 e. The second-order valence-corrected chi connectivity index (χ2v) is 7.99. The minimum absolute atomic E-state index is 0.0114. The Morgan fingerprint density at radius 3 is 2.87 bits per heavy atom. The van der Waals surface area contributed by atoms with Gasteiger partial charge in [0.1, 0.15) is 11.4 Å². The maximum atomic E-state index is 12.6. The summed E-state index contributed by atoms with van der Waals surface area (Å²) in [6.45, 7) is 3.38. The molecule has 0 saturated carbocycles. The zero-order valence-corrected chi connectivity index (χ0v) is 17.1. The van der Waals surface area contributed by atoms with Crippen molar-refractivity contribution >= 4 is 17.6 Å². The predicted octanol–water partition coefficient (Wildman–Crippen LogP) is 1.72. The molecule has 1 spiro atoms. The normalized spacial score (nSPS) is 21.2. The van der Waals surface area contributed by atoms with Gasteiger partial charge in [-0.2, -0.15) is 5.10 Å². The van der Waals surface area contributed by atoms with Gasteiger partial charge in [0, 0.05) is 37.8 Å². The highest BCUT2D eigenvalue weighted by Gasteiger charge is 2.43. The number of rotatable bonds is 5. The number of para-hydroxylation sites is 1. The van der Waals surface area contributed by atoms with Crippen LogP contribution >= 0.6 is 0 Å². The molecule has 1 saturated heterocycles. The summed E-state index contributed by atoms with van der Waals surface area (Å²) in [7, 11) is 0. The Balaban J connectivity index is 1.33. The lowest BCUT2D eigenvalue weighted by molar-refractivity contribution is -0.135. The fourth-order valence-electron chi connectivity index (χ4n) is 4.13. The molecule has 0 radical (unpaired) electrons. The van der Waals surface area contributed by atoms with E-state index in [1.54, 1.807) is 23.2 Å². The van der Waals surface area contributed by atoms with E-state index in [9.17, 15) is 14.4 Å². The third kappa shape index (κ3) is 4.22. The molecule has 158 valence electrons. The summed E-state index contributed by atoms with van der Waals surface area (Å²) < 4.78 is 8.04. The third-order valence-electron chi connectivity index (χ3n) is 5.89. The van der Waals surface area contributed by atoms with Gasteiger partial charge < -0.3 is 15.0 Å². The van der Waals surface area contributed by atoms with Crippen molar-refractivity contribution in [1.29, 1.82) is 0 Å². The number of likely N-dealkylation sites (tertiary alicyclic amines) is 1. The summed E-state index contributed by atoms with van der Waals surface area (Å²) in [5.74, 6) is 0.348. The number of benzene rings is 1. The Hall–Kier alpha value is -3.16. The number of carbonyl (C=O) groups excluding carboxylic acids is 3. The minimum atomic E-state index is -0.677. The highest BCUT2D eigenvalue weighted by molar-refractivity contribution is 6.00. The Labute approximate surface area is 175 Å². The first-order valence-corrected chi connectivity index (χ1v) is 10.3. The van der Waals surface area contributed by atoms with E-state index in [2.05, 4.69) is 10.4 Å². The Morgan fingerprint density at radius 2 is 2.07 bits per heavy atom. The molecular weight excluding hydrogens is 384 g/mol. The predicted molar refractivity (Wildman–Crippen MR) is 109 cm³/mol. The number of aromatic nitrogens is 2. The molecule has 1 fully saturated rings. The summed E-state index contributed by atoms with van der Waals surface area (Å²) in [6.07, 6.45) is 3.25. The first-order chi connectivity index (χ1) is 14.5. The standard InChI is InChI=1S/C22H26N4O4/c1-16-7-10-24-26(16)13-11-23-20(28)15-25-12-9-22(8-6-21(25)29)14-18(27)17-4-2-3-5-19(17)30-22/h2-5,7,10H,6,8-9,11-15H2,1H3,(H,23,28)/t22-/m1/s1. The van der Waals surface area contributed by atoms with E-state index in [1.165, 1.54) is 0 Å². The fourth-order valence-corrected chi connectivity index (χ4v) is 4.13. The molecule has 0 unspecified atom stereocenters. The van der Waals surface area contributed by atoms with Gasteiger partial charge in [0.2, 0.25) is 11.8 Å². The average molecular weight is 410 g/mol. The monoisotopic (exact) mass is 410 g/mol. The summed E-state index contributed by atoms with van der Waals surface area (Å²) in [6, 6.07) is 9.14. The van der Waals surface area contributed by atoms with Crippen molar-refractivity contribution in [3.8, 4) is 5.75 Å². The number of carbonyl (C=O) groups is 3. The maximum Gasteiger partial charge on any atom is 0.239 e. The van der Waals surface area contributed by atoms with Gasteiger partial charge in [0.25, 0.3) is 0 Å². The molecule has 0 bridgehead atoms. The van der Waals surface area contributed by atoms with Gasteiger partial charge in [-0.3, -0.25) is 19.1 Å². The Bertz CT molecular complexity index is 970. The van der Waals surface area contributed by atoms with Crippen LogP contribution in [-0.2, 0) is 16.1 Å². The van der Waals surface area contributed by atoms with Crippen LogP contribution in [0.5, 0.6) is 5.75 Å². The van der Waals surface area contributed by atoms with E-state index in [0.717, 1.165) is 5.69 Å². The number of nitrogens with one attached hydrogen (secondary N) is 1. The number of Topliss-reactive ketones (excluding diaryl/α,β-unsaturated/α-hetero) is 1. The van der Waals surface area contributed by atoms with Crippen molar-refractivity contribution in [3.05, 3.63) is 47.8 Å². The topological polar surface area (TPSA) is 93.5 Å². The van der Waals surface area contributed by atoms with Crippen molar-refractivity contribution in [1.82, 2.24) is 20.0 Å². The molecule has 2 amide bonds. The fraction of sp³-hybridized carbons (Fsp3) is 0.455. The highest BCUT2D eigenvalue weighted by atomic mass is 16.5. The van der Waals surface area contributed by atoms with Gasteiger partial charge in [-0.1, -0.05) is 12.1 Å². The van der Waals surface area contributed by atoms with Crippen LogP contribution in [0.15, 0.2) is 36.5 Å². The van der Waals surface area contributed by atoms with Gasteiger partial charge >= 0.3 is 0 Å². The molecule has 1 N–H and O–H groups in total. The van der Waals surface area contributed by atoms with Crippen LogP contribution in [0.1, 0.15) is 41.7 Å². The van der Waals surface area contributed by atoms with Crippen molar-refractivity contribution in [3.63, 3.8) is 0 Å². The molecule has 2 aliphatic rings. The lowest BCUT2D eigenvalue weighted by Crippen LogP contribution is -2.44. The number of fused-ring (bicyclic) bond motifs is 1. The van der Waals surface area contributed by atoms with Crippen LogP contribution < -0.4 is 10.1 Å². The molecule has 30 heavy (non-hydrogen) atoms. The average Bonchev–Trinajstić information content (AvgIpc) is 3.08. The molecule has 0 aliphatic carbocycles. The van der Waals surface area contributed by atoms with Crippen LogP contribution in [0.4, 0.5) is 0 Å². The first-order valence-electron chi connectivity index (χ1n) is 10.3. The van der Waals surface area contributed by atoms with Crippen LogP contribution in [0.3, 0.4) is 0 Å². The molecule has 8 heteroatoms. The summed E-state index contributed by atoms with van der Waals surface area (Å²) >= 11 is 0. The number of ether oxygens (including phenoxy) is 1. The molecule has 8 nitrogen and oxygen atoms in total. The SMILES string of the molecule is Cc1ccnn1CCNC(=O)CN1CC[C@]2(CCC1=O)CC(=O)c1ccccc1O2. The highest BCUT2D eigenvalue weighted by Crippen LogP contribution is 2.39. The Kier molecular flexibility index (Phi) is 5.57. The second kappa shape index (κ2) is 8.30. The molecule has 1 aromatic heterocycles. The Morgan fingerprint density at radius 1 is 1.23 bits per heavy atom. The first kappa shape index (κ1) is 20.1. The van der Waals surface area contributed by atoms with Crippen molar-refractivity contribution in [2.24, 2.45) is 0 Å². The molecule has 4 rings (SSSR count). The van der Waals surface area contributed by atoms with Crippen molar-refractivity contribution in [2.45, 2.75) is 44.8 Å². The lowest BCUT2D eigenvalue weighted by atomic mass is 9.84. The summed E-state index contributed by atoms with van der Waals surface area (Å²) in [4.78, 5) is 39.1. The quantitative estimate of drug-likeness (QED) is 0.810.